The Morgan fingerprint density at radius 3 is 1.21 bits per heavy atom. The number of fused-ring (bicyclic) bond motifs is 8. The molecule has 2 aliphatic rings. The molecule has 3 aromatic heterocycles. The third kappa shape index (κ3) is 6.16. The Balaban J connectivity index is 1.79. The Hall–Kier alpha value is -5.76. The first-order chi connectivity index (χ1) is 27.1. The summed E-state index contributed by atoms with van der Waals surface area (Å²) in [6.07, 6.45) is 3.31. The zero-order valence-corrected chi connectivity index (χ0v) is 35.0. The summed E-state index contributed by atoms with van der Waals surface area (Å²) in [7, 11) is 6.84. The second kappa shape index (κ2) is 15.4. The lowest BCUT2D eigenvalue weighted by Gasteiger charge is -2.14. The average molecular weight is 751 g/mol. The lowest BCUT2D eigenvalue weighted by Crippen LogP contribution is -1.95. The summed E-state index contributed by atoms with van der Waals surface area (Å²) in [5, 5.41) is 0. The number of ether oxygens (including phenoxy) is 4. The summed E-state index contributed by atoms with van der Waals surface area (Å²) in [6, 6.07) is 16.4. The van der Waals surface area contributed by atoms with E-state index >= 15 is 0 Å². The first-order valence-electron chi connectivity index (χ1n) is 19.7. The first-order valence-corrected chi connectivity index (χ1v) is 19.7. The molecule has 56 heavy (non-hydrogen) atoms. The molecule has 2 N–H and O–H groups in total. The van der Waals surface area contributed by atoms with Crippen molar-refractivity contribution in [2.24, 2.45) is 0 Å². The Bertz CT molecular complexity index is 2440. The van der Waals surface area contributed by atoms with Gasteiger partial charge in [0.1, 0.15) is 23.0 Å². The predicted octanol–water partition coefficient (Wildman–Crippen LogP) is 12.1. The number of H-pyrrole nitrogens is 2. The summed E-state index contributed by atoms with van der Waals surface area (Å²) < 4.78 is 23.7. The monoisotopic (exact) mass is 750 g/mol. The Morgan fingerprint density at radius 1 is 0.500 bits per heavy atom. The normalized spacial score (nSPS) is 12.8. The number of nitrogens with zero attached hydrogens (tertiary/aromatic N) is 2. The summed E-state index contributed by atoms with van der Waals surface area (Å²) in [5.74, 6) is 2.99. The molecular weight excluding hydrogens is 697 g/mol. The molecule has 0 saturated heterocycles. The van der Waals surface area contributed by atoms with Gasteiger partial charge in [0.25, 0.3) is 0 Å². The van der Waals surface area contributed by atoms with Gasteiger partial charge in [-0.3, -0.25) is 0 Å². The summed E-state index contributed by atoms with van der Waals surface area (Å²) in [6.45, 7) is 17.7. The first kappa shape index (κ1) is 38.5. The van der Waals surface area contributed by atoms with Crippen LogP contribution in [0.1, 0.15) is 99.4 Å². The van der Waals surface area contributed by atoms with Gasteiger partial charge in [-0.25, -0.2) is 9.97 Å². The van der Waals surface area contributed by atoms with Crippen molar-refractivity contribution >= 4 is 44.4 Å². The van der Waals surface area contributed by atoms with Crippen LogP contribution < -0.4 is 18.9 Å². The molecule has 0 amide bonds. The number of hydrogen-bond donors (Lipinski definition) is 2. The molecule has 2 aliphatic heterocycles. The Kier molecular flexibility index (Phi) is 10.6. The minimum Gasteiger partial charge on any atom is -0.497 e. The van der Waals surface area contributed by atoms with E-state index in [1.807, 2.05) is 24.3 Å². The fourth-order valence-corrected chi connectivity index (χ4v) is 8.86. The van der Waals surface area contributed by atoms with Gasteiger partial charge in [0.2, 0.25) is 0 Å². The van der Waals surface area contributed by atoms with Crippen LogP contribution in [0.4, 0.5) is 0 Å². The predicted molar refractivity (Wildman–Crippen MR) is 232 cm³/mol. The maximum Gasteiger partial charge on any atom is 0.127 e. The van der Waals surface area contributed by atoms with E-state index in [2.05, 4.69) is 89.6 Å². The number of rotatable bonds is 10. The van der Waals surface area contributed by atoms with Crippen molar-refractivity contribution in [1.82, 2.24) is 19.9 Å². The second-order valence-corrected chi connectivity index (χ2v) is 14.5. The highest BCUT2D eigenvalue weighted by atomic mass is 16.5. The van der Waals surface area contributed by atoms with Crippen molar-refractivity contribution in [1.29, 1.82) is 0 Å². The number of methoxy groups -OCH3 is 4. The van der Waals surface area contributed by atoms with Gasteiger partial charge in [-0.1, -0.05) is 27.7 Å². The van der Waals surface area contributed by atoms with Crippen molar-refractivity contribution in [3.05, 3.63) is 93.6 Å². The third-order valence-electron chi connectivity index (χ3n) is 11.8. The smallest absolute Gasteiger partial charge is 0.127 e. The highest BCUT2D eigenvalue weighted by Crippen LogP contribution is 2.47. The highest BCUT2D eigenvalue weighted by Gasteiger charge is 2.27. The largest absolute Gasteiger partial charge is 0.497 e. The quantitative estimate of drug-likeness (QED) is 0.148. The van der Waals surface area contributed by atoms with Gasteiger partial charge in [-0.15, -0.1) is 0 Å². The Morgan fingerprint density at radius 2 is 0.893 bits per heavy atom. The van der Waals surface area contributed by atoms with E-state index in [9.17, 15) is 0 Å². The average Bonchev–Trinajstić information content (AvgIpc) is 3.90. The van der Waals surface area contributed by atoms with E-state index in [1.165, 1.54) is 33.4 Å². The van der Waals surface area contributed by atoms with Crippen LogP contribution in [0.5, 0.6) is 23.0 Å². The van der Waals surface area contributed by atoms with E-state index in [-0.39, 0.29) is 0 Å². The molecule has 0 spiro atoms. The molecule has 0 atom stereocenters. The van der Waals surface area contributed by atoms with Crippen LogP contribution >= 0.6 is 0 Å². The van der Waals surface area contributed by atoms with Crippen LogP contribution in [-0.4, -0.2) is 48.4 Å². The lowest BCUT2D eigenvalue weighted by atomic mass is 9.94. The fraction of sp³-hybridized carbons (Fsp3) is 0.333. The van der Waals surface area contributed by atoms with Crippen molar-refractivity contribution in [3.8, 4) is 45.3 Å². The van der Waals surface area contributed by atoms with E-state index in [1.54, 1.807) is 28.4 Å². The third-order valence-corrected chi connectivity index (χ3v) is 11.8. The molecule has 290 valence electrons. The molecule has 5 heterocycles. The molecular formula is C48H54N4O4. The zero-order valence-electron chi connectivity index (χ0n) is 35.0. The van der Waals surface area contributed by atoms with Crippen molar-refractivity contribution in [3.63, 3.8) is 0 Å². The van der Waals surface area contributed by atoms with E-state index in [4.69, 9.17) is 28.9 Å². The van der Waals surface area contributed by atoms with Crippen molar-refractivity contribution in [2.75, 3.05) is 28.4 Å². The number of benzene rings is 2. The molecule has 0 radical (unpaired) electrons. The summed E-state index contributed by atoms with van der Waals surface area (Å²) in [5.41, 5.74) is 21.1. The molecule has 0 saturated carbocycles. The highest BCUT2D eigenvalue weighted by molar-refractivity contribution is 6.04. The van der Waals surface area contributed by atoms with E-state index in [0.29, 0.717) is 0 Å². The van der Waals surface area contributed by atoms with Crippen LogP contribution in [-0.2, 0) is 12.8 Å². The van der Waals surface area contributed by atoms with Gasteiger partial charge in [-0.05, 0) is 146 Å². The van der Waals surface area contributed by atoms with Gasteiger partial charge < -0.3 is 28.9 Å². The maximum absolute atomic E-state index is 6.06. The van der Waals surface area contributed by atoms with E-state index < -0.39 is 0 Å². The van der Waals surface area contributed by atoms with Crippen LogP contribution in [0.2, 0.25) is 0 Å². The summed E-state index contributed by atoms with van der Waals surface area (Å²) >= 11 is 0. The zero-order chi connectivity index (χ0) is 40.0. The van der Waals surface area contributed by atoms with Crippen LogP contribution in [0.3, 0.4) is 0 Å². The standard InChI is InChI=1S/C48H54N4O4/c1-13-31-25(5)45-43(35-21-29(53-9)17-19-41(35)55-11)46-27(7)33(15-3)39(51-46)24-40-34(16-4)28(8)48(52-40)44(36-22-30(54-10)18-20-42(36)56-12)47-26(6)32(14-2)38(50-47)23-37(31)49-45/h17-24,49,52H,13-16H2,1-12H3. The molecule has 2 aromatic carbocycles. The van der Waals surface area contributed by atoms with Crippen LogP contribution in [0.15, 0.2) is 48.5 Å². The molecule has 8 nitrogen and oxygen atoms in total. The number of aromatic amines is 2. The van der Waals surface area contributed by atoms with Gasteiger partial charge in [0.05, 0.1) is 62.2 Å². The van der Waals surface area contributed by atoms with Gasteiger partial charge in [0, 0.05) is 33.3 Å². The van der Waals surface area contributed by atoms with Crippen LogP contribution in [0, 0.1) is 13.8 Å². The molecule has 8 heteroatoms. The number of aryl methyl sites for hydroxylation is 4. The minimum atomic E-state index is 0.747. The Labute approximate surface area is 330 Å². The summed E-state index contributed by atoms with van der Waals surface area (Å²) in [4.78, 5) is 19.0. The number of nitrogens with one attached hydrogen (secondary N) is 2. The number of aromatic nitrogens is 4. The fourth-order valence-electron chi connectivity index (χ4n) is 8.86. The van der Waals surface area contributed by atoms with Crippen molar-refractivity contribution in [2.45, 2.75) is 81.1 Å². The van der Waals surface area contributed by atoms with Crippen LogP contribution in [0.25, 0.3) is 66.6 Å². The molecule has 0 aliphatic carbocycles. The maximum atomic E-state index is 6.06. The van der Waals surface area contributed by atoms with Crippen molar-refractivity contribution < 1.29 is 18.9 Å². The topological polar surface area (TPSA) is 94.3 Å². The minimum absolute atomic E-state index is 0.747. The molecule has 0 fully saturated rings. The molecule has 7 rings (SSSR count). The van der Waals surface area contributed by atoms with Gasteiger partial charge >= 0.3 is 0 Å². The molecule has 0 unspecified atom stereocenters. The van der Waals surface area contributed by atoms with Gasteiger partial charge in [0.15, 0.2) is 0 Å². The SMILES string of the molecule is CCC1=C(C)c2nc1cc1[nH]c(c(C)c1CC)c(-c1cc(OC)ccc1OC)c1nc(cc3[nH]c(c(C)c3CC)c2-c2cc(OC)ccc2OC)C(CC)=C1C. The number of hydrogen-bond acceptors (Lipinski definition) is 6. The second-order valence-electron chi connectivity index (χ2n) is 14.5. The molecule has 5 aromatic rings. The molecule has 8 bridgehead atoms. The lowest BCUT2D eigenvalue weighted by molar-refractivity contribution is 0.404. The number of allylic oxidation sites excluding steroid dienone is 4. The van der Waals surface area contributed by atoms with Gasteiger partial charge in [-0.2, -0.15) is 0 Å². The van der Waals surface area contributed by atoms with E-state index in [0.717, 1.165) is 127 Å².